The van der Waals surface area contributed by atoms with Crippen molar-refractivity contribution in [1.29, 1.82) is 0 Å². The number of amides is 1. The fourth-order valence-electron chi connectivity index (χ4n) is 1.80. The SMILES string of the molecule is CC(C)(C)OC(=O)NCCC=Cc1cc(C=O)cc(C(F)(F)F)c1. The first-order valence-corrected chi connectivity index (χ1v) is 7.32. The minimum Gasteiger partial charge on any atom is -0.444 e. The van der Waals surface area contributed by atoms with Crippen LogP contribution in [0.15, 0.2) is 24.3 Å². The van der Waals surface area contributed by atoms with Crippen molar-refractivity contribution in [3.63, 3.8) is 0 Å². The molecule has 0 aromatic heterocycles. The molecule has 4 nitrogen and oxygen atoms in total. The molecule has 24 heavy (non-hydrogen) atoms. The summed E-state index contributed by atoms with van der Waals surface area (Å²) in [6, 6.07) is 3.12. The molecule has 0 aliphatic heterocycles. The molecule has 0 aliphatic rings. The van der Waals surface area contributed by atoms with Gasteiger partial charge in [-0.3, -0.25) is 4.79 Å². The van der Waals surface area contributed by atoms with Gasteiger partial charge < -0.3 is 10.1 Å². The number of carbonyl (C=O) groups excluding carboxylic acids is 2. The second-order valence-corrected chi connectivity index (χ2v) is 6.12. The highest BCUT2D eigenvalue weighted by Crippen LogP contribution is 2.30. The number of alkyl halides is 3. The Bertz CT molecular complexity index is 616. The molecule has 7 heteroatoms. The van der Waals surface area contributed by atoms with Gasteiger partial charge in [0.15, 0.2) is 0 Å². The third-order valence-electron chi connectivity index (χ3n) is 2.73. The maximum absolute atomic E-state index is 12.7. The molecule has 0 atom stereocenters. The van der Waals surface area contributed by atoms with Crippen molar-refractivity contribution < 1.29 is 27.5 Å². The number of hydrogen-bond acceptors (Lipinski definition) is 3. The van der Waals surface area contributed by atoms with Crippen LogP contribution in [-0.4, -0.2) is 24.5 Å². The van der Waals surface area contributed by atoms with Gasteiger partial charge in [-0.2, -0.15) is 13.2 Å². The van der Waals surface area contributed by atoms with Crippen molar-refractivity contribution >= 4 is 18.5 Å². The Hall–Kier alpha value is -2.31. The average Bonchev–Trinajstić information content (AvgIpc) is 2.43. The lowest BCUT2D eigenvalue weighted by molar-refractivity contribution is -0.137. The highest BCUT2D eigenvalue weighted by Gasteiger charge is 2.30. The highest BCUT2D eigenvalue weighted by atomic mass is 19.4. The molecule has 0 saturated carbocycles. The van der Waals surface area contributed by atoms with E-state index in [1.165, 1.54) is 12.1 Å². The van der Waals surface area contributed by atoms with Gasteiger partial charge >= 0.3 is 12.3 Å². The minimum atomic E-state index is -4.51. The van der Waals surface area contributed by atoms with Crippen LogP contribution in [0.1, 0.15) is 48.7 Å². The number of ether oxygens (including phenoxy) is 1. The summed E-state index contributed by atoms with van der Waals surface area (Å²) in [5.74, 6) is 0. The summed E-state index contributed by atoms with van der Waals surface area (Å²) in [5, 5.41) is 2.54. The number of halogens is 3. The van der Waals surface area contributed by atoms with Gasteiger partial charge in [0.05, 0.1) is 5.56 Å². The van der Waals surface area contributed by atoms with Crippen LogP contribution in [0.4, 0.5) is 18.0 Å². The molecule has 0 heterocycles. The van der Waals surface area contributed by atoms with E-state index in [1.54, 1.807) is 26.8 Å². The van der Waals surface area contributed by atoms with Gasteiger partial charge in [0.25, 0.3) is 0 Å². The largest absolute Gasteiger partial charge is 0.444 e. The van der Waals surface area contributed by atoms with Crippen molar-refractivity contribution in [3.05, 3.63) is 41.0 Å². The second kappa shape index (κ2) is 7.99. The normalized spacial score (nSPS) is 12.2. The van der Waals surface area contributed by atoms with Crippen LogP contribution in [0.2, 0.25) is 0 Å². The summed E-state index contributed by atoms with van der Waals surface area (Å²) in [6.45, 7) is 5.51. The summed E-state index contributed by atoms with van der Waals surface area (Å²) in [5.41, 5.74) is -1.25. The van der Waals surface area contributed by atoms with Gasteiger partial charge in [-0.05, 0) is 51.0 Å². The molecular formula is C17H20F3NO3. The number of rotatable bonds is 5. The van der Waals surface area contributed by atoms with Crippen molar-refractivity contribution in [1.82, 2.24) is 5.32 Å². The predicted molar refractivity (Wildman–Crippen MR) is 84.7 cm³/mol. The van der Waals surface area contributed by atoms with Crippen molar-refractivity contribution in [3.8, 4) is 0 Å². The van der Waals surface area contributed by atoms with E-state index in [0.29, 0.717) is 12.7 Å². The predicted octanol–water partition coefficient (Wildman–Crippen LogP) is 4.45. The summed E-state index contributed by atoms with van der Waals surface area (Å²) in [7, 11) is 0. The van der Waals surface area contributed by atoms with Gasteiger partial charge in [0, 0.05) is 12.1 Å². The molecule has 0 fully saturated rings. The Balaban J connectivity index is 2.62. The molecule has 0 bridgehead atoms. The van der Waals surface area contributed by atoms with Crippen LogP contribution in [0.25, 0.3) is 6.08 Å². The van der Waals surface area contributed by atoms with Gasteiger partial charge in [-0.25, -0.2) is 4.79 Å². The molecule has 132 valence electrons. The van der Waals surface area contributed by atoms with E-state index >= 15 is 0 Å². The average molecular weight is 343 g/mol. The van der Waals surface area contributed by atoms with E-state index in [4.69, 9.17) is 4.74 Å². The van der Waals surface area contributed by atoms with E-state index in [9.17, 15) is 22.8 Å². The zero-order valence-electron chi connectivity index (χ0n) is 13.7. The molecule has 1 rings (SSSR count). The molecule has 1 N–H and O–H groups in total. The van der Waals surface area contributed by atoms with Crippen LogP contribution in [-0.2, 0) is 10.9 Å². The van der Waals surface area contributed by atoms with E-state index in [2.05, 4.69) is 5.32 Å². The quantitative estimate of drug-likeness (QED) is 0.635. The lowest BCUT2D eigenvalue weighted by Crippen LogP contribution is -2.32. The Kier molecular flexibility index (Phi) is 6.57. The van der Waals surface area contributed by atoms with Crippen LogP contribution in [0.3, 0.4) is 0 Å². The fourth-order valence-corrected chi connectivity index (χ4v) is 1.80. The molecular weight excluding hydrogens is 323 g/mol. The van der Waals surface area contributed by atoms with Gasteiger partial charge in [-0.15, -0.1) is 0 Å². The zero-order chi connectivity index (χ0) is 18.4. The third-order valence-corrected chi connectivity index (χ3v) is 2.73. The smallest absolute Gasteiger partial charge is 0.416 e. The molecule has 0 unspecified atom stereocenters. The lowest BCUT2D eigenvalue weighted by atomic mass is 10.1. The van der Waals surface area contributed by atoms with Crippen molar-refractivity contribution in [2.24, 2.45) is 0 Å². The van der Waals surface area contributed by atoms with Crippen molar-refractivity contribution in [2.45, 2.75) is 39.0 Å². The van der Waals surface area contributed by atoms with Crippen LogP contribution >= 0.6 is 0 Å². The summed E-state index contributed by atoms with van der Waals surface area (Å²) < 4.78 is 43.3. The van der Waals surface area contributed by atoms with E-state index < -0.39 is 23.4 Å². The molecule has 1 aromatic carbocycles. The van der Waals surface area contributed by atoms with Crippen LogP contribution in [0, 0.1) is 0 Å². The Labute approximate surface area is 138 Å². The summed E-state index contributed by atoms with van der Waals surface area (Å²) in [6.07, 6.45) is -1.21. The topological polar surface area (TPSA) is 55.4 Å². The maximum atomic E-state index is 12.7. The van der Waals surface area contributed by atoms with Crippen LogP contribution < -0.4 is 5.32 Å². The monoisotopic (exact) mass is 343 g/mol. The molecule has 0 spiro atoms. The first-order chi connectivity index (χ1) is 11.0. The van der Waals surface area contributed by atoms with Gasteiger partial charge in [0.2, 0.25) is 0 Å². The number of benzene rings is 1. The summed E-state index contributed by atoms with van der Waals surface area (Å²) >= 11 is 0. The third kappa shape index (κ3) is 7.30. The van der Waals surface area contributed by atoms with E-state index in [-0.39, 0.29) is 17.7 Å². The van der Waals surface area contributed by atoms with Gasteiger partial charge in [-0.1, -0.05) is 12.2 Å². The number of aldehydes is 1. The van der Waals surface area contributed by atoms with Crippen LogP contribution in [0.5, 0.6) is 0 Å². The molecule has 1 amide bonds. The maximum Gasteiger partial charge on any atom is 0.416 e. The molecule has 0 aliphatic carbocycles. The first-order valence-electron chi connectivity index (χ1n) is 7.32. The van der Waals surface area contributed by atoms with E-state index in [0.717, 1.165) is 12.1 Å². The Morgan fingerprint density at radius 2 is 1.79 bits per heavy atom. The Morgan fingerprint density at radius 3 is 2.33 bits per heavy atom. The first kappa shape index (κ1) is 19.7. The molecule has 0 radical (unpaired) electrons. The fraction of sp³-hybridized carbons (Fsp3) is 0.412. The second-order valence-electron chi connectivity index (χ2n) is 6.12. The highest BCUT2D eigenvalue weighted by molar-refractivity contribution is 5.77. The Morgan fingerprint density at radius 1 is 1.17 bits per heavy atom. The molecule has 0 saturated heterocycles. The lowest BCUT2D eigenvalue weighted by Gasteiger charge is -2.19. The van der Waals surface area contributed by atoms with E-state index in [1.807, 2.05) is 0 Å². The van der Waals surface area contributed by atoms with Gasteiger partial charge in [0.1, 0.15) is 11.9 Å². The zero-order valence-corrected chi connectivity index (χ0v) is 13.7. The molecule has 1 aromatic rings. The number of alkyl carbamates (subject to hydrolysis) is 1. The summed E-state index contributed by atoms with van der Waals surface area (Å²) in [4.78, 5) is 22.2. The van der Waals surface area contributed by atoms with Crippen molar-refractivity contribution in [2.75, 3.05) is 6.54 Å². The number of carbonyl (C=O) groups is 2. The number of hydrogen-bond donors (Lipinski definition) is 1. The standard InChI is InChI=1S/C17H20F3NO3/c1-16(2,3)24-15(23)21-7-5-4-6-12-8-13(11-22)10-14(9-12)17(18,19)20/h4,6,8-11H,5,7H2,1-3H3,(H,21,23). The number of nitrogens with one attached hydrogen (secondary N) is 1. The minimum absolute atomic E-state index is 0.0450.